The van der Waals surface area contributed by atoms with Gasteiger partial charge in [-0.3, -0.25) is 0 Å². The second-order valence-electron chi connectivity index (χ2n) is 7.09. The predicted molar refractivity (Wildman–Crippen MR) is 120 cm³/mol. The number of halogens is 3. The Bertz CT molecular complexity index is 1320. The third kappa shape index (κ3) is 4.43. The van der Waals surface area contributed by atoms with E-state index in [-0.39, 0.29) is 16.9 Å². The summed E-state index contributed by atoms with van der Waals surface area (Å²) in [6.45, 7) is 3.61. The maximum atomic E-state index is 13.7. The summed E-state index contributed by atoms with van der Waals surface area (Å²) in [7, 11) is 0. The van der Waals surface area contributed by atoms with Gasteiger partial charge in [-0.1, -0.05) is 63.0 Å². The average Bonchev–Trinajstić information content (AvgIpc) is 3.21. The average molecular weight is 499 g/mol. The first kappa shape index (κ1) is 21.8. The first-order chi connectivity index (χ1) is 15.3. The van der Waals surface area contributed by atoms with Crippen molar-refractivity contribution in [3.05, 3.63) is 87.7 Å². The molecule has 0 N–H and O–H groups in total. The molecule has 0 saturated carbocycles. The molecule has 2 aromatic heterocycles. The lowest BCUT2D eigenvalue weighted by atomic mass is 10.1. The fourth-order valence-electron chi connectivity index (χ4n) is 3.06. The number of rotatable bonds is 5. The molecule has 0 bridgehead atoms. The summed E-state index contributed by atoms with van der Waals surface area (Å²) >= 11 is 3.35. The van der Waals surface area contributed by atoms with Crippen LogP contribution in [0.4, 0.5) is 8.78 Å². The van der Waals surface area contributed by atoms with Crippen LogP contribution in [0, 0.1) is 6.92 Å². The molecule has 2 aromatic carbocycles. The topological polar surface area (TPSA) is 68.8 Å². The van der Waals surface area contributed by atoms with Crippen LogP contribution >= 0.6 is 15.9 Å². The van der Waals surface area contributed by atoms with Crippen molar-refractivity contribution in [3.63, 3.8) is 0 Å². The largest absolute Gasteiger partial charge is 0.371 e. The van der Waals surface area contributed by atoms with E-state index in [1.54, 1.807) is 19.1 Å². The van der Waals surface area contributed by atoms with E-state index in [0.29, 0.717) is 17.0 Å². The Morgan fingerprint density at radius 3 is 2.47 bits per heavy atom. The molecule has 0 atom stereocenters. The Labute approximate surface area is 190 Å². The first-order valence-corrected chi connectivity index (χ1v) is 10.4. The quantitative estimate of drug-likeness (QED) is 0.192. The Morgan fingerprint density at radius 1 is 1.12 bits per heavy atom. The third-order valence-corrected chi connectivity index (χ3v) is 5.35. The fraction of sp³-hybridized carbons (Fsp3) is 0.130. The lowest BCUT2D eigenvalue weighted by Crippen LogP contribution is -2.07. The van der Waals surface area contributed by atoms with Crippen molar-refractivity contribution < 1.29 is 18.4 Å². The van der Waals surface area contributed by atoms with Crippen LogP contribution in [-0.4, -0.2) is 26.3 Å². The molecule has 0 aliphatic carbocycles. The van der Waals surface area contributed by atoms with Crippen molar-refractivity contribution in [1.82, 2.24) is 14.6 Å². The van der Waals surface area contributed by atoms with Crippen molar-refractivity contribution in [1.29, 1.82) is 0 Å². The Hall–Kier alpha value is -3.46. The van der Waals surface area contributed by atoms with Gasteiger partial charge in [0.05, 0.1) is 17.6 Å². The minimum Gasteiger partial charge on any atom is -0.312 e. The summed E-state index contributed by atoms with van der Waals surface area (Å²) in [4.78, 5) is 22.1. The van der Waals surface area contributed by atoms with E-state index in [0.717, 1.165) is 26.3 Å². The number of benzene rings is 2. The van der Waals surface area contributed by atoms with Gasteiger partial charge < -0.3 is 4.84 Å². The molecule has 0 amide bonds. The molecule has 9 heteroatoms. The highest BCUT2D eigenvalue weighted by molar-refractivity contribution is 9.10. The molecule has 32 heavy (non-hydrogen) atoms. The van der Waals surface area contributed by atoms with Gasteiger partial charge in [0, 0.05) is 10.0 Å². The normalized spacial score (nSPS) is 11.9. The van der Waals surface area contributed by atoms with Crippen LogP contribution in [0.5, 0.6) is 0 Å². The number of aromatic nitrogens is 3. The predicted octanol–water partition coefficient (Wildman–Crippen LogP) is 5.99. The lowest BCUT2D eigenvalue weighted by molar-refractivity contribution is 0.0518. The number of carbonyl (C=O) groups excluding carboxylic acids is 1. The zero-order valence-corrected chi connectivity index (χ0v) is 18.7. The van der Waals surface area contributed by atoms with Gasteiger partial charge in [0.25, 0.3) is 6.43 Å². The standard InChI is InChI=1S/C23H17BrF2N4O2/c1-13-3-5-16(6-4-13)19-11-20(21(25)26)30-22(28-19)18(12-27-30)23(31)32-29-14(2)15-7-9-17(24)10-8-15/h3-12,21H,1-2H3/b29-14+. The van der Waals surface area contributed by atoms with Crippen LogP contribution in [0.1, 0.15) is 40.5 Å². The second kappa shape index (κ2) is 8.96. The molecule has 0 aliphatic rings. The van der Waals surface area contributed by atoms with Crippen LogP contribution in [0.15, 0.2) is 70.4 Å². The second-order valence-corrected chi connectivity index (χ2v) is 8.00. The Balaban J connectivity index is 1.70. The minimum absolute atomic E-state index is 0.0279. The van der Waals surface area contributed by atoms with Gasteiger partial charge in [-0.2, -0.15) is 5.10 Å². The maximum Gasteiger partial charge on any atom is 0.371 e. The Morgan fingerprint density at radius 2 is 1.81 bits per heavy atom. The van der Waals surface area contributed by atoms with Crippen molar-refractivity contribution in [2.24, 2.45) is 5.16 Å². The highest BCUT2D eigenvalue weighted by Gasteiger charge is 2.22. The van der Waals surface area contributed by atoms with E-state index in [9.17, 15) is 13.6 Å². The zero-order chi connectivity index (χ0) is 22.8. The smallest absolute Gasteiger partial charge is 0.312 e. The van der Waals surface area contributed by atoms with Crippen molar-refractivity contribution in [2.75, 3.05) is 0 Å². The number of hydrogen-bond donors (Lipinski definition) is 0. The van der Waals surface area contributed by atoms with Crippen LogP contribution in [-0.2, 0) is 4.84 Å². The van der Waals surface area contributed by atoms with E-state index in [4.69, 9.17) is 4.84 Å². The summed E-state index contributed by atoms with van der Waals surface area (Å²) in [5.41, 5.74) is 2.75. The van der Waals surface area contributed by atoms with Crippen molar-refractivity contribution in [2.45, 2.75) is 20.3 Å². The summed E-state index contributed by atoms with van der Waals surface area (Å²) in [5.74, 6) is -0.842. The van der Waals surface area contributed by atoms with E-state index in [1.165, 1.54) is 6.07 Å². The van der Waals surface area contributed by atoms with Crippen molar-refractivity contribution in [3.8, 4) is 11.3 Å². The molecule has 4 aromatic rings. The van der Waals surface area contributed by atoms with Gasteiger partial charge in [0.2, 0.25) is 0 Å². The van der Waals surface area contributed by atoms with Crippen LogP contribution in [0.3, 0.4) is 0 Å². The van der Waals surface area contributed by atoms with Gasteiger partial charge in [0.15, 0.2) is 5.65 Å². The van der Waals surface area contributed by atoms with Crippen molar-refractivity contribution >= 4 is 33.3 Å². The Kier molecular flexibility index (Phi) is 6.09. The van der Waals surface area contributed by atoms with Crippen LogP contribution in [0.25, 0.3) is 16.9 Å². The number of nitrogens with zero attached hydrogens (tertiary/aromatic N) is 4. The number of oxime groups is 1. The minimum atomic E-state index is -2.81. The van der Waals surface area contributed by atoms with E-state index < -0.39 is 12.4 Å². The highest BCUT2D eigenvalue weighted by atomic mass is 79.9. The molecular weight excluding hydrogens is 482 g/mol. The molecule has 6 nitrogen and oxygen atoms in total. The number of alkyl halides is 2. The van der Waals surface area contributed by atoms with E-state index in [1.807, 2.05) is 43.3 Å². The van der Waals surface area contributed by atoms with Gasteiger partial charge in [-0.15, -0.1) is 0 Å². The molecule has 0 radical (unpaired) electrons. The van der Waals surface area contributed by atoms with Gasteiger partial charge >= 0.3 is 5.97 Å². The summed E-state index contributed by atoms with van der Waals surface area (Å²) in [6.07, 6.45) is -1.66. The summed E-state index contributed by atoms with van der Waals surface area (Å²) in [5, 5.41) is 7.80. The van der Waals surface area contributed by atoms with E-state index >= 15 is 0 Å². The SMILES string of the molecule is C/C(=N\OC(=O)c1cnn2c(C(F)F)cc(-c3ccc(C)cc3)nc12)c1ccc(Br)cc1. The summed E-state index contributed by atoms with van der Waals surface area (Å²) in [6, 6.07) is 15.8. The molecule has 0 spiro atoms. The van der Waals surface area contributed by atoms with Crippen LogP contribution < -0.4 is 0 Å². The van der Waals surface area contributed by atoms with Gasteiger partial charge in [-0.05, 0) is 37.6 Å². The summed E-state index contributed by atoms with van der Waals surface area (Å²) < 4.78 is 29.3. The number of carbonyl (C=O) groups is 1. The number of fused-ring (bicyclic) bond motifs is 1. The number of aryl methyl sites for hydroxylation is 1. The molecule has 0 fully saturated rings. The van der Waals surface area contributed by atoms with Gasteiger partial charge in [0.1, 0.15) is 11.3 Å². The molecule has 0 unspecified atom stereocenters. The van der Waals surface area contributed by atoms with Gasteiger partial charge in [-0.25, -0.2) is 23.1 Å². The first-order valence-electron chi connectivity index (χ1n) is 9.59. The zero-order valence-electron chi connectivity index (χ0n) is 17.1. The van der Waals surface area contributed by atoms with Crippen LogP contribution in [0.2, 0.25) is 0 Å². The monoisotopic (exact) mass is 498 g/mol. The number of hydrogen-bond acceptors (Lipinski definition) is 5. The highest BCUT2D eigenvalue weighted by Crippen LogP contribution is 2.27. The maximum absolute atomic E-state index is 13.7. The molecule has 162 valence electrons. The lowest BCUT2D eigenvalue weighted by Gasteiger charge is -2.08. The molecule has 2 heterocycles. The third-order valence-electron chi connectivity index (χ3n) is 4.82. The molecule has 0 saturated heterocycles. The molecule has 4 rings (SSSR count). The van der Waals surface area contributed by atoms with E-state index in [2.05, 4.69) is 31.2 Å². The molecule has 0 aliphatic heterocycles. The molecular formula is C23H17BrF2N4O2. The fourth-order valence-corrected chi connectivity index (χ4v) is 3.32.